The van der Waals surface area contributed by atoms with E-state index < -0.39 is 9.84 Å². The van der Waals surface area contributed by atoms with E-state index in [2.05, 4.69) is 28.9 Å². The SMILES string of the molecule is CC(C)CS(=O)(=O)c1ncc(CN2CC[C@H](N(C)C)C2)n1Cc1ccccc1. The van der Waals surface area contributed by atoms with E-state index in [-0.39, 0.29) is 16.8 Å². The molecule has 0 amide bonds. The number of rotatable bonds is 8. The Labute approximate surface area is 169 Å². The summed E-state index contributed by atoms with van der Waals surface area (Å²) in [5.41, 5.74) is 2.04. The van der Waals surface area contributed by atoms with Gasteiger partial charge in [0.2, 0.25) is 15.0 Å². The Morgan fingerprint density at radius 3 is 2.50 bits per heavy atom. The Balaban J connectivity index is 1.89. The van der Waals surface area contributed by atoms with Gasteiger partial charge in [-0.2, -0.15) is 0 Å². The average molecular weight is 405 g/mol. The third kappa shape index (κ3) is 5.01. The standard InChI is InChI=1S/C21H32N4O2S/c1-17(2)16-28(26,27)21-22-12-20(15-24-11-10-19(14-24)23(3)4)25(21)13-18-8-6-5-7-9-18/h5-9,12,17,19H,10-11,13-16H2,1-4H3/t19-/m0/s1. The van der Waals surface area contributed by atoms with Crippen molar-refractivity contribution in [2.45, 2.75) is 44.6 Å². The molecule has 2 heterocycles. The first-order valence-electron chi connectivity index (χ1n) is 9.96. The van der Waals surface area contributed by atoms with Crippen LogP contribution in [0.4, 0.5) is 0 Å². The molecule has 1 aliphatic heterocycles. The third-order valence-electron chi connectivity index (χ3n) is 5.28. The summed E-state index contributed by atoms with van der Waals surface area (Å²) >= 11 is 0. The zero-order valence-corrected chi connectivity index (χ0v) is 18.2. The summed E-state index contributed by atoms with van der Waals surface area (Å²) in [6.45, 7) is 7.11. The van der Waals surface area contributed by atoms with Gasteiger partial charge in [-0.1, -0.05) is 44.2 Å². The zero-order valence-electron chi connectivity index (χ0n) is 17.4. The van der Waals surface area contributed by atoms with Crippen LogP contribution in [0.2, 0.25) is 0 Å². The van der Waals surface area contributed by atoms with Crippen molar-refractivity contribution in [3.63, 3.8) is 0 Å². The lowest BCUT2D eigenvalue weighted by Crippen LogP contribution is -2.31. The predicted octanol–water partition coefficient (Wildman–Crippen LogP) is 2.50. The van der Waals surface area contributed by atoms with Crippen LogP contribution in [0, 0.1) is 5.92 Å². The fourth-order valence-electron chi connectivity index (χ4n) is 3.82. The number of sulfone groups is 1. The summed E-state index contributed by atoms with van der Waals surface area (Å²) in [5, 5.41) is 0.198. The number of hydrogen-bond donors (Lipinski definition) is 0. The highest BCUT2D eigenvalue weighted by Crippen LogP contribution is 2.21. The maximum Gasteiger partial charge on any atom is 0.228 e. The number of likely N-dealkylation sites (tertiary alicyclic amines) is 1. The number of benzene rings is 1. The zero-order chi connectivity index (χ0) is 20.3. The van der Waals surface area contributed by atoms with Crippen molar-refractivity contribution in [2.24, 2.45) is 5.92 Å². The lowest BCUT2D eigenvalue weighted by atomic mass is 10.2. The molecular formula is C21H32N4O2S. The highest BCUT2D eigenvalue weighted by Gasteiger charge is 2.28. The van der Waals surface area contributed by atoms with Gasteiger partial charge in [-0.3, -0.25) is 4.90 Å². The summed E-state index contributed by atoms with van der Waals surface area (Å²) < 4.78 is 27.8. The summed E-state index contributed by atoms with van der Waals surface area (Å²) in [4.78, 5) is 9.03. The number of aromatic nitrogens is 2. The monoisotopic (exact) mass is 404 g/mol. The van der Waals surface area contributed by atoms with Gasteiger partial charge in [-0.05, 0) is 32.0 Å². The van der Waals surface area contributed by atoms with Gasteiger partial charge in [0.25, 0.3) is 0 Å². The molecule has 6 nitrogen and oxygen atoms in total. The van der Waals surface area contributed by atoms with Crippen molar-refractivity contribution in [1.29, 1.82) is 0 Å². The minimum atomic E-state index is -3.42. The molecular weight excluding hydrogens is 372 g/mol. The van der Waals surface area contributed by atoms with Gasteiger partial charge < -0.3 is 9.47 Å². The first-order valence-corrected chi connectivity index (χ1v) is 11.6. The molecule has 0 saturated carbocycles. The normalized spacial score (nSPS) is 18.4. The average Bonchev–Trinajstić information content (AvgIpc) is 3.23. The molecule has 1 atom stereocenters. The first kappa shape index (κ1) is 21.0. The summed E-state index contributed by atoms with van der Waals surface area (Å²) in [6, 6.07) is 10.5. The fourth-order valence-corrected chi connectivity index (χ4v) is 5.58. The van der Waals surface area contributed by atoms with Crippen LogP contribution in [0.1, 0.15) is 31.5 Å². The van der Waals surface area contributed by atoms with Crippen LogP contribution in [-0.2, 0) is 22.9 Å². The topological polar surface area (TPSA) is 58.4 Å². The summed E-state index contributed by atoms with van der Waals surface area (Å²) in [5.74, 6) is 0.180. The number of hydrogen-bond acceptors (Lipinski definition) is 5. The third-order valence-corrected chi connectivity index (χ3v) is 7.27. The van der Waals surface area contributed by atoms with Crippen LogP contribution in [0.3, 0.4) is 0 Å². The molecule has 1 saturated heterocycles. The van der Waals surface area contributed by atoms with Crippen LogP contribution in [-0.4, -0.2) is 66.7 Å². The minimum Gasteiger partial charge on any atom is -0.313 e. The number of likely N-dealkylation sites (N-methyl/N-ethyl adjacent to an activating group) is 1. The second-order valence-corrected chi connectivity index (χ2v) is 10.3. The van der Waals surface area contributed by atoms with Gasteiger partial charge in [-0.15, -0.1) is 0 Å². The van der Waals surface area contributed by atoms with Gasteiger partial charge in [0, 0.05) is 25.7 Å². The van der Waals surface area contributed by atoms with E-state index in [4.69, 9.17) is 0 Å². The molecule has 0 N–H and O–H groups in total. The molecule has 0 bridgehead atoms. The molecule has 1 fully saturated rings. The van der Waals surface area contributed by atoms with Crippen molar-refractivity contribution in [3.8, 4) is 0 Å². The predicted molar refractivity (Wildman–Crippen MR) is 112 cm³/mol. The van der Waals surface area contributed by atoms with E-state index in [0.717, 1.165) is 37.3 Å². The van der Waals surface area contributed by atoms with E-state index in [1.54, 1.807) is 6.20 Å². The highest BCUT2D eigenvalue weighted by molar-refractivity contribution is 7.91. The fraction of sp³-hybridized carbons (Fsp3) is 0.571. The van der Waals surface area contributed by atoms with E-state index in [1.165, 1.54) is 0 Å². The van der Waals surface area contributed by atoms with Crippen LogP contribution < -0.4 is 0 Å². The lowest BCUT2D eigenvalue weighted by Gasteiger charge is -2.21. The Hall–Kier alpha value is -1.70. The Bertz CT molecular complexity index is 875. The van der Waals surface area contributed by atoms with Gasteiger partial charge in [0.05, 0.1) is 24.2 Å². The maximum atomic E-state index is 12.9. The van der Waals surface area contributed by atoms with Crippen molar-refractivity contribution < 1.29 is 8.42 Å². The van der Waals surface area contributed by atoms with E-state index in [9.17, 15) is 8.42 Å². The van der Waals surface area contributed by atoms with Gasteiger partial charge in [0.15, 0.2) is 0 Å². The second kappa shape index (κ2) is 8.76. The molecule has 1 aliphatic rings. The number of nitrogens with zero attached hydrogens (tertiary/aromatic N) is 4. The molecule has 0 radical (unpaired) electrons. The van der Waals surface area contributed by atoms with Crippen LogP contribution in [0.5, 0.6) is 0 Å². The Morgan fingerprint density at radius 1 is 1.18 bits per heavy atom. The van der Waals surface area contributed by atoms with Crippen LogP contribution in [0.25, 0.3) is 0 Å². The van der Waals surface area contributed by atoms with Crippen LogP contribution in [0.15, 0.2) is 41.7 Å². The largest absolute Gasteiger partial charge is 0.313 e. The Kier molecular flexibility index (Phi) is 6.58. The maximum absolute atomic E-state index is 12.9. The van der Waals surface area contributed by atoms with E-state index in [0.29, 0.717) is 12.6 Å². The summed E-state index contributed by atoms with van der Waals surface area (Å²) in [6.07, 6.45) is 2.89. The molecule has 1 aromatic carbocycles. The first-order chi connectivity index (χ1) is 13.3. The minimum absolute atomic E-state index is 0.0646. The van der Waals surface area contributed by atoms with E-state index >= 15 is 0 Å². The van der Waals surface area contributed by atoms with Crippen molar-refractivity contribution in [3.05, 3.63) is 47.8 Å². The van der Waals surface area contributed by atoms with Crippen molar-refractivity contribution in [1.82, 2.24) is 19.4 Å². The summed E-state index contributed by atoms with van der Waals surface area (Å²) in [7, 11) is 0.809. The molecule has 2 aromatic rings. The van der Waals surface area contributed by atoms with Crippen molar-refractivity contribution in [2.75, 3.05) is 32.9 Å². The quantitative estimate of drug-likeness (QED) is 0.677. The molecule has 7 heteroatoms. The number of imidazole rings is 1. The molecule has 28 heavy (non-hydrogen) atoms. The molecule has 1 aromatic heterocycles. The molecule has 154 valence electrons. The molecule has 0 aliphatic carbocycles. The molecule has 3 rings (SSSR count). The Morgan fingerprint density at radius 2 is 1.89 bits per heavy atom. The molecule has 0 unspecified atom stereocenters. The van der Waals surface area contributed by atoms with Gasteiger partial charge >= 0.3 is 0 Å². The van der Waals surface area contributed by atoms with Crippen LogP contribution >= 0.6 is 0 Å². The highest BCUT2D eigenvalue weighted by atomic mass is 32.2. The van der Waals surface area contributed by atoms with Gasteiger partial charge in [0.1, 0.15) is 0 Å². The lowest BCUT2D eigenvalue weighted by molar-refractivity contribution is 0.261. The van der Waals surface area contributed by atoms with E-state index in [1.807, 2.05) is 48.7 Å². The smallest absolute Gasteiger partial charge is 0.228 e. The molecule has 0 spiro atoms. The second-order valence-electron chi connectivity index (χ2n) is 8.42. The van der Waals surface area contributed by atoms with Crippen molar-refractivity contribution >= 4 is 9.84 Å². The van der Waals surface area contributed by atoms with Gasteiger partial charge in [-0.25, -0.2) is 13.4 Å².